The molecule has 0 radical (unpaired) electrons. The molecule has 3 aromatic rings. The van der Waals surface area contributed by atoms with Gasteiger partial charge in [-0.15, -0.1) is 0 Å². The summed E-state index contributed by atoms with van der Waals surface area (Å²) in [5, 5.41) is 0. The number of nitrogens with zero attached hydrogens (tertiary/aromatic N) is 2. The zero-order valence-corrected chi connectivity index (χ0v) is 19.6. The number of aromatic nitrogens is 1. The third kappa shape index (κ3) is 6.21. The molecule has 2 amide bonds. The molecule has 1 aliphatic heterocycles. The number of hydrazine groups is 1. The summed E-state index contributed by atoms with van der Waals surface area (Å²) in [4.78, 5) is 31.6. The molecule has 1 aliphatic rings. The first-order valence-corrected chi connectivity index (χ1v) is 12.4. The number of nitrogens with one attached hydrogen (secondary N) is 3. The zero-order chi connectivity index (χ0) is 24.7. The van der Waals surface area contributed by atoms with Crippen molar-refractivity contribution in [1.29, 1.82) is 0 Å². The van der Waals surface area contributed by atoms with E-state index >= 15 is 0 Å². The van der Waals surface area contributed by atoms with Crippen LogP contribution in [-0.4, -0.2) is 51.5 Å². The van der Waals surface area contributed by atoms with Crippen LogP contribution >= 0.6 is 0 Å². The van der Waals surface area contributed by atoms with E-state index in [1.165, 1.54) is 24.3 Å². The third-order valence-electron chi connectivity index (χ3n) is 5.35. The molecule has 0 unspecified atom stereocenters. The van der Waals surface area contributed by atoms with Gasteiger partial charge >= 0.3 is 0 Å². The minimum Gasteiger partial charge on any atom is -0.378 e. The number of rotatable bonds is 7. The molecule has 3 N–H and O–H groups in total. The second-order valence-electron chi connectivity index (χ2n) is 7.72. The summed E-state index contributed by atoms with van der Waals surface area (Å²) in [5.74, 6) is -0.698. The number of amides is 2. The molecule has 10 nitrogen and oxygen atoms in total. The van der Waals surface area contributed by atoms with Crippen molar-refractivity contribution in [3.8, 4) is 0 Å². The minimum atomic E-state index is -3.85. The van der Waals surface area contributed by atoms with Crippen molar-refractivity contribution in [1.82, 2.24) is 20.6 Å². The van der Waals surface area contributed by atoms with Crippen LogP contribution in [0.3, 0.4) is 0 Å². The van der Waals surface area contributed by atoms with Crippen LogP contribution < -0.4 is 20.5 Å². The SMILES string of the molecule is O=C(NNC(=O)c1cccnc1N1CCOCC1)c1cccc(S(=O)(=O)NCc2ccccc2)c1. The van der Waals surface area contributed by atoms with Crippen molar-refractivity contribution in [2.75, 3.05) is 31.2 Å². The highest BCUT2D eigenvalue weighted by Crippen LogP contribution is 2.18. The monoisotopic (exact) mass is 495 g/mol. The number of sulfonamides is 1. The molecular weight excluding hydrogens is 470 g/mol. The predicted octanol–water partition coefficient (Wildman–Crippen LogP) is 1.47. The van der Waals surface area contributed by atoms with Crippen LogP contribution in [0.5, 0.6) is 0 Å². The first kappa shape index (κ1) is 24.3. The van der Waals surface area contributed by atoms with E-state index in [1.54, 1.807) is 18.3 Å². The van der Waals surface area contributed by atoms with Crippen LogP contribution in [0.4, 0.5) is 5.82 Å². The average Bonchev–Trinajstić information content (AvgIpc) is 2.91. The van der Waals surface area contributed by atoms with E-state index in [0.29, 0.717) is 37.7 Å². The number of pyridine rings is 1. The highest BCUT2D eigenvalue weighted by molar-refractivity contribution is 7.89. The number of ether oxygens (including phenoxy) is 1. The van der Waals surface area contributed by atoms with Crippen molar-refractivity contribution < 1.29 is 22.7 Å². The van der Waals surface area contributed by atoms with Crippen molar-refractivity contribution >= 4 is 27.7 Å². The van der Waals surface area contributed by atoms with Gasteiger partial charge in [-0.25, -0.2) is 18.1 Å². The maximum absolute atomic E-state index is 12.8. The lowest BCUT2D eigenvalue weighted by molar-refractivity contribution is 0.0846. The van der Waals surface area contributed by atoms with Gasteiger partial charge < -0.3 is 9.64 Å². The van der Waals surface area contributed by atoms with E-state index < -0.39 is 21.8 Å². The van der Waals surface area contributed by atoms with Crippen LogP contribution in [-0.2, 0) is 21.3 Å². The van der Waals surface area contributed by atoms with Gasteiger partial charge in [0.1, 0.15) is 5.82 Å². The van der Waals surface area contributed by atoms with Gasteiger partial charge in [0.2, 0.25) is 10.0 Å². The molecule has 1 aromatic heterocycles. The molecule has 35 heavy (non-hydrogen) atoms. The summed E-state index contributed by atoms with van der Waals surface area (Å²) in [5.41, 5.74) is 5.90. The Kier molecular flexibility index (Phi) is 7.70. The number of carbonyl (C=O) groups is 2. The number of hydrogen-bond donors (Lipinski definition) is 3. The Hall–Kier alpha value is -3.80. The van der Waals surface area contributed by atoms with Crippen LogP contribution in [0, 0.1) is 0 Å². The molecule has 0 spiro atoms. The molecule has 0 bridgehead atoms. The summed E-state index contributed by atoms with van der Waals surface area (Å²) in [6.07, 6.45) is 1.60. The number of morpholine rings is 1. The van der Waals surface area contributed by atoms with Gasteiger partial charge in [0.15, 0.2) is 0 Å². The fourth-order valence-electron chi connectivity index (χ4n) is 3.52. The van der Waals surface area contributed by atoms with Crippen LogP contribution in [0.15, 0.2) is 77.8 Å². The first-order valence-electron chi connectivity index (χ1n) is 11.0. The summed E-state index contributed by atoms with van der Waals surface area (Å²) in [6, 6.07) is 17.9. The van der Waals surface area contributed by atoms with E-state index in [9.17, 15) is 18.0 Å². The van der Waals surface area contributed by atoms with Gasteiger partial charge in [-0.1, -0.05) is 36.4 Å². The Balaban J connectivity index is 1.40. The van der Waals surface area contributed by atoms with Crippen molar-refractivity contribution in [2.45, 2.75) is 11.4 Å². The minimum absolute atomic E-state index is 0.0609. The highest BCUT2D eigenvalue weighted by atomic mass is 32.2. The maximum atomic E-state index is 12.8. The largest absolute Gasteiger partial charge is 0.378 e. The standard InChI is InChI=1S/C24H25N5O5S/c30-23(27-28-24(31)21-10-5-11-25-22(21)29-12-14-34-15-13-29)19-8-4-9-20(16-19)35(32,33)26-17-18-6-2-1-3-7-18/h1-11,16,26H,12-15,17H2,(H,27,30)(H,28,31). The summed E-state index contributed by atoms with van der Waals surface area (Å²) in [6.45, 7) is 2.39. The van der Waals surface area contributed by atoms with E-state index in [1.807, 2.05) is 35.2 Å². The van der Waals surface area contributed by atoms with Crippen molar-refractivity contribution in [2.24, 2.45) is 0 Å². The fraction of sp³-hybridized carbons (Fsp3) is 0.208. The molecule has 0 atom stereocenters. The lowest BCUT2D eigenvalue weighted by Gasteiger charge is -2.29. The lowest BCUT2D eigenvalue weighted by atomic mass is 10.2. The van der Waals surface area contributed by atoms with Gasteiger partial charge in [0.05, 0.1) is 23.7 Å². The Labute approximate surface area is 203 Å². The van der Waals surface area contributed by atoms with Gasteiger partial charge in [-0.2, -0.15) is 0 Å². The molecule has 4 rings (SSSR count). The topological polar surface area (TPSA) is 130 Å². The average molecular weight is 496 g/mol. The zero-order valence-electron chi connectivity index (χ0n) is 18.8. The maximum Gasteiger partial charge on any atom is 0.273 e. The Morgan fingerprint density at radius 2 is 1.66 bits per heavy atom. The molecule has 182 valence electrons. The van der Waals surface area contributed by atoms with Gasteiger partial charge in [0.25, 0.3) is 11.8 Å². The van der Waals surface area contributed by atoms with Crippen LogP contribution in [0.1, 0.15) is 26.3 Å². The normalized spacial score (nSPS) is 13.8. The van der Waals surface area contributed by atoms with Crippen molar-refractivity contribution in [3.05, 3.63) is 89.6 Å². The van der Waals surface area contributed by atoms with Crippen molar-refractivity contribution in [3.63, 3.8) is 0 Å². The molecule has 1 saturated heterocycles. The number of carbonyl (C=O) groups excluding carboxylic acids is 2. The summed E-state index contributed by atoms with van der Waals surface area (Å²) < 4.78 is 33.2. The van der Waals surface area contributed by atoms with E-state index in [0.717, 1.165) is 5.56 Å². The Bertz CT molecular complexity index is 1290. The summed E-state index contributed by atoms with van der Waals surface area (Å²) in [7, 11) is -3.85. The van der Waals surface area contributed by atoms with Gasteiger partial charge in [-0.3, -0.25) is 20.4 Å². The molecule has 1 fully saturated rings. The number of anilines is 1. The Morgan fingerprint density at radius 1 is 0.914 bits per heavy atom. The molecular formula is C24H25N5O5S. The molecule has 11 heteroatoms. The summed E-state index contributed by atoms with van der Waals surface area (Å²) >= 11 is 0. The third-order valence-corrected chi connectivity index (χ3v) is 6.75. The van der Waals surface area contributed by atoms with E-state index in [4.69, 9.17) is 4.74 Å². The second kappa shape index (κ2) is 11.1. The lowest BCUT2D eigenvalue weighted by Crippen LogP contribution is -2.43. The number of benzene rings is 2. The van der Waals surface area contributed by atoms with Crippen LogP contribution in [0.25, 0.3) is 0 Å². The molecule has 0 saturated carbocycles. The molecule has 2 heterocycles. The number of hydrogen-bond acceptors (Lipinski definition) is 7. The first-order chi connectivity index (χ1) is 16.9. The van der Waals surface area contributed by atoms with Crippen LogP contribution in [0.2, 0.25) is 0 Å². The second-order valence-corrected chi connectivity index (χ2v) is 9.49. The van der Waals surface area contributed by atoms with Gasteiger partial charge in [-0.05, 0) is 35.9 Å². The van der Waals surface area contributed by atoms with E-state index in [-0.39, 0.29) is 17.0 Å². The highest BCUT2D eigenvalue weighted by Gasteiger charge is 2.21. The van der Waals surface area contributed by atoms with Gasteiger partial charge in [0, 0.05) is 31.4 Å². The quantitative estimate of drug-likeness (QED) is 0.423. The van der Waals surface area contributed by atoms with E-state index in [2.05, 4.69) is 20.6 Å². The fourth-order valence-corrected chi connectivity index (χ4v) is 4.58. The predicted molar refractivity (Wildman–Crippen MR) is 129 cm³/mol. The molecule has 2 aromatic carbocycles. The Morgan fingerprint density at radius 3 is 2.43 bits per heavy atom. The molecule has 0 aliphatic carbocycles. The smallest absolute Gasteiger partial charge is 0.273 e.